The lowest BCUT2D eigenvalue weighted by molar-refractivity contribution is -0.0847. The molecular weight excluding hydrogens is 280 g/mol. The average Bonchev–Trinajstić information content (AvgIpc) is 2.26. The number of ether oxygens (including phenoxy) is 2. The van der Waals surface area contributed by atoms with E-state index in [9.17, 15) is 4.21 Å². The van der Waals surface area contributed by atoms with Gasteiger partial charge in [-0.15, -0.1) is 0 Å². The Morgan fingerprint density at radius 2 is 1.80 bits per heavy atom. The SMILES string of the molecule is COC(CS(=O)c1ccc(Br)cc1)OC. The molecule has 0 bridgehead atoms. The molecule has 0 aliphatic carbocycles. The Morgan fingerprint density at radius 3 is 2.27 bits per heavy atom. The molecule has 1 rings (SSSR count). The number of methoxy groups -OCH3 is 2. The summed E-state index contributed by atoms with van der Waals surface area (Å²) in [6.45, 7) is 0. The maximum Gasteiger partial charge on any atom is 0.168 e. The van der Waals surface area contributed by atoms with Gasteiger partial charge in [0.2, 0.25) is 0 Å². The average molecular weight is 293 g/mol. The Balaban J connectivity index is 2.64. The minimum Gasteiger partial charge on any atom is -0.355 e. The van der Waals surface area contributed by atoms with E-state index in [2.05, 4.69) is 15.9 Å². The lowest BCUT2D eigenvalue weighted by atomic mass is 10.4. The summed E-state index contributed by atoms with van der Waals surface area (Å²) in [5.41, 5.74) is 0. The quantitative estimate of drug-likeness (QED) is 0.781. The van der Waals surface area contributed by atoms with Crippen molar-refractivity contribution in [3.05, 3.63) is 28.7 Å². The van der Waals surface area contributed by atoms with Gasteiger partial charge < -0.3 is 9.47 Å². The molecular formula is C10H13BrO3S. The van der Waals surface area contributed by atoms with Crippen LogP contribution in [0.4, 0.5) is 0 Å². The van der Waals surface area contributed by atoms with Gasteiger partial charge in [0.1, 0.15) is 0 Å². The van der Waals surface area contributed by atoms with Crippen molar-refractivity contribution in [2.75, 3.05) is 20.0 Å². The molecule has 0 heterocycles. The summed E-state index contributed by atoms with van der Waals surface area (Å²) >= 11 is 3.32. The summed E-state index contributed by atoms with van der Waals surface area (Å²) in [5, 5.41) is 0. The van der Waals surface area contributed by atoms with Crippen molar-refractivity contribution in [2.24, 2.45) is 0 Å². The fraction of sp³-hybridized carbons (Fsp3) is 0.400. The van der Waals surface area contributed by atoms with Crippen LogP contribution in [0.15, 0.2) is 33.6 Å². The molecule has 0 radical (unpaired) electrons. The van der Waals surface area contributed by atoms with Crippen molar-refractivity contribution in [1.29, 1.82) is 0 Å². The molecule has 15 heavy (non-hydrogen) atoms. The number of halogens is 1. The van der Waals surface area contributed by atoms with Crippen LogP contribution < -0.4 is 0 Å². The van der Waals surface area contributed by atoms with Gasteiger partial charge in [-0.3, -0.25) is 4.21 Å². The summed E-state index contributed by atoms with van der Waals surface area (Å²) in [5.74, 6) is 0.342. The minimum absolute atomic E-state index is 0.342. The molecule has 0 saturated heterocycles. The molecule has 1 aromatic rings. The number of rotatable bonds is 5. The normalized spacial score (nSPS) is 13.1. The van der Waals surface area contributed by atoms with Crippen LogP contribution in [0.3, 0.4) is 0 Å². The topological polar surface area (TPSA) is 35.5 Å². The lowest BCUT2D eigenvalue weighted by Crippen LogP contribution is -2.21. The van der Waals surface area contributed by atoms with E-state index in [0.717, 1.165) is 9.37 Å². The molecule has 1 aromatic carbocycles. The van der Waals surface area contributed by atoms with E-state index in [0.29, 0.717) is 5.75 Å². The molecule has 0 aliphatic heterocycles. The molecule has 84 valence electrons. The van der Waals surface area contributed by atoms with Crippen molar-refractivity contribution in [1.82, 2.24) is 0 Å². The molecule has 0 fully saturated rings. The van der Waals surface area contributed by atoms with E-state index in [1.807, 2.05) is 24.3 Å². The maximum atomic E-state index is 11.8. The molecule has 0 spiro atoms. The maximum absolute atomic E-state index is 11.8. The highest BCUT2D eigenvalue weighted by molar-refractivity contribution is 9.10. The van der Waals surface area contributed by atoms with Crippen LogP contribution in [0.2, 0.25) is 0 Å². The summed E-state index contributed by atoms with van der Waals surface area (Å²) in [4.78, 5) is 0.775. The first-order valence-electron chi connectivity index (χ1n) is 4.37. The Kier molecular flexibility index (Phi) is 5.45. The van der Waals surface area contributed by atoms with E-state index < -0.39 is 17.1 Å². The first-order valence-corrected chi connectivity index (χ1v) is 6.48. The van der Waals surface area contributed by atoms with E-state index in [4.69, 9.17) is 9.47 Å². The second-order valence-corrected chi connectivity index (χ2v) is 5.28. The molecule has 0 aliphatic rings. The lowest BCUT2D eigenvalue weighted by Gasteiger charge is -2.12. The van der Waals surface area contributed by atoms with E-state index >= 15 is 0 Å². The van der Waals surface area contributed by atoms with Crippen LogP contribution in [-0.2, 0) is 20.3 Å². The largest absolute Gasteiger partial charge is 0.355 e. The fourth-order valence-corrected chi connectivity index (χ4v) is 2.45. The Bertz CT molecular complexity index is 322. The second kappa shape index (κ2) is 6.37. The fourth-order valence-electron chi connectivity index (χ4n) is 1.04. The Morgan fingerprint density at radius 1 is 1.27 bits per heavy atom. The molecule has 0 saturated carbocycles. The predicted molar refractivity (Wildman–Crippen MR) is 63.2 cm³/mol. The van der Waals surface area contributed by atoms with Crippen molar-refractivity contribution in [3.8, 4) is 0 Å². The highest BCUT2D eigenvalue weighted by Gasteiger charge is 2.12. The third-order valence-corrected chi connectivity index (χ3v) is 3.79. The highest BCUT2D eigenvalue weighted by Crippen LogP contribution is 2.14. The first kappa shape index (κ1) is 12.8. The van der Waals surface area contributed by atoms with Gasteiger partial charge in [-0.05, 0) is 24.3 Å². The standard InChI is InChI=1S/C10H13BrO3S/c1-13-10(14-2)7-15(12)9-5-3-8(11)4-6-9/h3-6,10H,7H2,1-2H3. The summed E-state index contributed by atoms with van der Waals surface area (Å²) in [6.07, 6.45) is -0.422. The number of hydrogen-bond donors (Lipinski definition) is 0. The molecule has 1 unspecified atom stereocenters. The van der Waals surface area contributed by atoms with Gasteiger partial charge >= 0.3 is 0 Å². The molecule has 0 N–H and O–H groups in total. The summed E-state index contributed by atoms with van der Waals surface area (Å²) < 4.78 is 22.8. The molecule has 5 heteroatoms. The number of benzene rings is 1. The van der Waals surface area contributed by atoms with Gasteiger partial charge in [0.05, 0.1) is 16.6 Å². The summed E-state index contributed by atoms with van der Waals surface area (Å²) in [6, 6.07) is 7.37. The van der Waals surface area contributed by atoms with Crippen LogP contribution in [0.5, 0.6) is 0 Å². The van der Waals surface area contributed by atoms with Crippen molar-refractivity contribution in [3.63, 3.8) is 0 Å². The van der Waals surface area contributed by atoms with E-state index in [1.54, 1.807) is 0 Å². The third-order valence-electron chi connectivity index (χ3n) is 1.89. The van der Waals surface area contributed by atoms with Crippen molar-refractivity contribution < 1.29 is 13.7 Å². The van der Waals surface area contributed by atoms with Crippen molar-refractivity contribution >= 4 is 26.7 Å². The van der Waals surface area contributed by atoms with Crippen LogP contribution in [0.1, 0.15) is 0 Å². The molecule has 1 atom stereocenters. The predicted octanol–water partition coefficient (Wildman–Crippen LogP) is 2.18. The summed E-state index contributed by atoms with van der Waals surface area (Å²) in [7, 11) is 1.98. The van der Waals surface area contributed by atoms with Gasteiger partial charge in [-0.2, -0.15) is 0 Å². The van der Waals surface area contributed by atoms with Crippen molar-refractivity contribution in [2.45, 2.75) is 11.2 Å². The monoisotopic (exact) mass is 292 g/mol. The first-order chi connectivity index (χ1) is 7.17. The zero-order valence-corrected chi connectivity index (χ0v) is 11.0. The van der Waals surface area contributed by atoms with Crippen LogP contribution >= 0.6 is 15.9 Å². The van der Waals surface area contributed by atoms with Crippen LogP contribution in [0, 0.1) is 0 Å². The van der Waals surface area contributed by atoms with Gasteiger partial charge in [0, 0.05) is 23.6 Å². The zero-order valence-electron chi connectivity index (χ0n) is 8.60. The second-order valence-electron chi connectivity index (χ2n) is 2.87. The van der Waals surface area contributed by atoms with E-state index in [-0.39, 0.29) is 0 Å². The number of hydrogen-bond acceptors (Lipinski definition) is 3. The van der Waals surface area contributed by atoms with Crippen LogP contribution in [0.25, 0.3) is 0 Å². The third kappa shape index (κ3) is 4.03. The zero-order chi connectivity index (χ0) is 11.3. The Hall–Kier alpha value is -0.230. The highest BCUT2D eigenvalue weighted by atomic mass is 79.9. The van der Waals surface area contributed by atoms with Gasteiger partial charge in [-0.25, -0.2) is 0 Å². The molecule has 0 amide bonds. The Labute approximate surface area is 100 Å². The smallest absolute Gasteiger partial charge is 0.168 e. The van der Waals surface area contributed by atoms with E-state index in [1.165, 1.54) is 14.2 Å². The van der Waals surface area contributed by atoms with Gasteiger partial charge in [0.25, 0.3) is 0 Å². The van der Waals surface area contributed by atoms with Gasteiger partial charge in [-0.1, -0.05) is 15.9 Å². The minimum atomic E-state index is -1.09. The molecule has 0 aromatic heterocycles. The van der Waals surface area contributed by atoms with Crippen LogP contribution in [-0.4, -0.2) is 30.5 Å². The van der Waals surface area contributed by atoms with Gasteiger partial charge in [0.15, 0.2) is 6.29 Å². The molecule has 3 nitrogen and oxygen atoms in total.